The van der Waals surface area contributed by atoms with Crippen LogP contribution in [-0.4, -0.2) is 27.9 Å². The molecule has 8 aromatic carbocycles. The number of hydrogen-bond donors (Lipinski definition) is 0. The van der Waals surface area contributed by atoms with Crippen LogP contribution in [0.4, 0.5) is 0 Å². The first kappa shape index (κ1) is 30.7. The first-order valence-electron chi connectivity index (χ1n) is 18.9. The Labute approximate surface area is 321 Å². The number of nitrogens with zero attached hydrogens (tertiary/aromatic N) is 6. The van der Waals surface area contributed by atoms with Crippen LogP contribution in [0, 0.1) is 0 Å². The Hall–Kier alpha value is -7.70. The molecule has 0 unspecified atom stereocenters. The highest BCUT2D eigenvalue weighted by Crippen LogP contribution is 2.35. The summed E-state index contributed by atoms with van der Waals surface area (Å²) in [5.74, 6) is 1.79. The molecule has 6 heteroatoms. The Morgan fingerprint density at radius 2 is 0.661 bits per heavy atom. The van der Waals surface area contributed by atoms with Gasteiger partial charge in [-0.1, -0.05) is 121 Å². The fraction of sp³-hybridized carbons (Fsp3) is 0. The van der Waals surface area contributed by atoms with Crippen LogP contribution in [0.1, 0.15) is 0 Å². The third-order valence-corrected chi connectivity index (χ3v) is 11.2. The van der Waals surface area contributed by atoms with Gasteiger partial charge in [-0.25, -0.2) is 9.97 Å². The average Bonchev–Trinajstić information content (AvgIpc) is 4.00. The summed E-state index contributed by atoms with van der Waals surface area (Å²) < 4.78 is 9.13. The minimum Gasteiger partial charge on any atom is -0.278 e. The summed E-state index contributed by atoms with van der Waals surface area (Å²) in [5, 5.41) is 0. The van der Waals surface area contributed by atoms with Gasteiger partial charge in [0.05, 0.1) is 44.1 Å². The van der Waals surface area contributed by atoms with E-state index in [9.17, 15) is 0 Å². The number of rotatable bonds is 5. The Bertz CT molecular complexity index is 3460. The van der Waals surface area contributed by atoms with Gasteiger partial charge in [0.15, 0.2) is 0 Å². The van der Waals surface area contributed by atoms with Crippen molar-refractivity contribution in [2.75, 3.05) is 0 Å². The molecular formula is C50H32N6. The molecule has 56 heavy (non-hydrogen) atoms. The largest absolute Gasteiger partial charge is 0.278 e. The lowest BCUT2D eigenvalue weighted by molar-refractivity contribution is 1.11. The predicted octanol–water partition coefficient (Wildman–Crippen LogP) is 12.2. The summed E-state index contributed by atoms with van der Waals surface area (Å²) in [5.41, 5.74) is 17.7. The van der Waals surface area contributed by atoms with Crippen molar-refractivity contribution >= 4 is 55.7 Å². The highest BCUT2D eigenvalue weighted by atomic mass is 15.2. The molecule has 0 saturated heterocycles. The first-order chi connectivity index (χ1) is 27.8. The Morgan fingerprint density at radius 3 is 1.23 bits per heavy atom. The van der Waals surface area contributed by atoms with E-state index in [0.29, 0.717) is 0 Å². The molecule has 0 bridgehead atoms. The van der Waals surface area contributed by atoms with Crippen molar-refractivity contribution in [3.05, 3.63) is 194 Å². The molecule has 0 N–H and O–H groups in total. The normalized spacial score (nSPS) is 11.9. The van der Waals surface area contributed by atoms with Gasteiger partial charge >= 0.3 is 0 Å². The highest BCUT2D eigenvalue weighted by Gasteiger charge is 2.20. The molecule has 0 radical (unpaired) electrons. The second-order valence-corrected chi connectivity index (χ2v) is 14.4. The van der Waals surface area contributed by atoms with Gasteiger partial charge in [0.2, 0.25) is 11.6 Å². The number of hydrogen-bond acceptors (Lipinski definition) is 2. The van der Waals surface area contributed by atoms with E-state index >= 15 is 0 Å². The number of aromatic nitrogens is 6. The van der Waals surface area contributed by atoms with Crippen molar-refractivity contribution in [1.82, 2.24) is 27.9 Å². The standard InChI is InChI=1S/C50H32N6/c1-3-12-33(13-4-1)34-22-24-35(25-23-34)36-14-11-17-40(30-36)54-44-19-8-10-21-46(44)56-48-32-38(27-29-42(48)52-50(54)56)37-26-28-41-47(31-37)55-45-20-9-7-18-43(45)53(49(55)51-41)39-15-5-2-6-16-39/h1-32H. The molecule has 12 rings (SSSR count). The first-order valence-corrected chi connectivity index (χ1v) is 18.9. The van der Waals surface area contributed by atoms with E-state index in [1.165, 1.54) is 16.7 Å². The van der Waals surface area contributed by atoms with Crippen LogP contribution < -0.4 is 0 Å². The molecule has 12 aromatic rings. The molecule has 4 aromatic heterocycles. The summed E-state index contributed by atoms with van der Waals surface area (Å²) in [6.07, 6.45) is 0. The zero-order valence-electron chi connectivity index (χ0n) is 30.2. The van der Waals surface area contributed by atoms with Gasteiger partial charge in [-0.05, 0) is 106 Å². The molecule has 0 aliphatic rings. The van der Waals surface area contributed by atoms with Gasteiger partial charge in [-0.3, -0.25) is 17.9 Å². The summed E-state index contributed by atoms with van der Waals surface area (Å²) in [7, 11) is 0. The lowest BCUT2D eigenvalue weighted by Crippen LogP contribution is -1.95. The van der Waals surface area contributed by atoms with Crippen LogP contribution in [0.3, 0.4) is 0 Å². The molecule has 6 nitrogen and oxygen atoms in total. The minimum absolute atomic E-state index is 0.886. The van der Waals surface area contributed by atoms with Gasteiger partial charge < -0.3 is 0 Å². The van der Waals surface area contributed by atoms with Crippen LogP contribution in [0.15, 0.2) is 194 Å². The van der Waals surface area contributed by atoms with E-state index in [-0.39, 0.29) is 0 Å². The summed E-state index contributed by atoms with van der Waals surface area (Å²) >= 11 is 0. The van der Waals surface area contributed by atoms with Gasteiger partial charge in [0, 0.05) is 11.4 Å². The van der Waals surface area contributed by atoms with Crippen LogP contribution in [0.25, 0.3) is 100 Å². The quantitative estimate of drug-likeness (QED) is 0.178. The second-order valence-electron chi connectivity index (χ2n) is 14.4. The molecule has 0 saturated carbocycles. The Morgan fingerprint density at radius 1 is 0.268 bits per heavy atom. The smallest absolute Gasteiger partial charge is 0.220 e. The molecule has 0 aliphatic carbocycles. The maximum Gasteiger partial charge on any atom is 0.220 e. The molecule has 0 fully saturated rings. The fourth-order valence-corrected chi connectivity index (χ4v) is 8.56. The van der Waals surface area contributed by atoms with E-state index in [1.54, 1.807) is 0 Å². The van der Waals surface area contributed by atoms with Crippen molar-refractivity contribution in [2.45, 2.75) is 0 Å². The number of benzene rings is 8. The molecule has 0 atom stereocenters. The summed E-state index contributed by atoms with van der Waals surface area (Å²) in [6.45, 7) is 0. The molecule has 0 amide bonds. The van der Waals surface area contributed by atoms with Crippen LogP contribution >= 0.6 is 0 Å². The predicted molar refractivity (Wildman–Crippen MR) is 229 cm³/mol. The molecule has 0 aliphatic heterocycles. The molecular weight excluding hydrogens is 685 g/mol. The van der Waals surface area contributed by atoms with Crippen LogP contribution in [0.2, 0.25) is 0 Å². The van der Waals surface area contributed by atoms with Crippen LogP contribution in [-0.2, 0) is 0 Å². The third-order valence-electron chi connectivity index (χ3n) is 11.2. The van der Waals surface area contributed by atoms with Gasteiger partial charge in [-0.15, -0.1) is 0 Å². The highest BCUT2D eigenvalue weighted by molar-refractivity contribution is 5.97. The zero-order chi connectivity index (χ0) is 36.7. The maximum atomic E-state index is 5.27. The zero-order valence-corrected chi connectivity index (χ0v) is 30.2. The van der Waals surface area contributed by atoms with Crippen molar-refractivity contribution in [2.24, 2.45) is 0 Å². The van der Waals surface area contributed by atoms with Crippen molar-refractivity contribution in [3.63, 3.8) is 0 Å². The SMILES string of the molecule is c1ccc(-c2ccc(-c3cccc(-n4c5ccccc5n5c6cc(-c7ccc8nc9n(-c%10ccccc%10)c%10ccccc%10n9c8c7)ccc6nc45)c3)cc2)cc1. The monoisotopic (exact) mass is 716 g/mol. The Balaban J connectivity index is 0.994. The van der Waals surface area contributed by atoms with E-state index in [0.717, 1.165) is 83.8 Å². The number of fused-ring (bicyclic) bond motifs is 10. The maximum absolute atomic E-state index is 5.27. The summed E-state index contributed by atoms with van der Waals surface area (Å²) in [4.78, 5) is 10.4. The number of imidazole rings is 4. The second kappa shape index (κ2) is 11.9. The van der Waals surface area contributed by atoms with Gasteiger partial charge in [0.25, 0.3) is 0 Å². The van der Waals surface area contributed by atoms with Crippen molar-refractivity contribution in [3.8, 4) is 44.8 Å². The fourth-order valence-electron chi connectivity index (χ4n) is 8.56. The molecule has 4 heterocycles. The summed E-state index contributed by atoms with van der Waals surface area (Å²) in [6, 6.07) is 68.9. The van der Waals surface area contributed by atoms with Crippen molar-refractivity contribution in [1.29, 1.82) is 0 Å². The number of para-hydroxylation sites is 5. The van der Waals surface area contributed by atoms with Gasteiger partial charge in [0.1, 0.15) is 0 Å². The molecule has 262 valence electrons. The lowest BCUT2D eigenvalue weighted by Gasteiger charge is -2.09. The minimum atomic E-state index is 0.886. The van der Waals surface area contributed by atoms with Crippen LogP contribution in [0.5, 0.6) is 0 Å². The lowest BCUT2D eigenvalue weighted by atomic mass is 10.00. The van der Waals surface area contributed by atoms with E-state index in [1.807, 2.05) is 6.07 Å². The van der Waals surface area contributed by atoms with E-state index < -0.39 is 0 Å². The van der Waals surface area contributed by atoms with E-state index in [4.69, 9.17) is 9.97 Å². The van der Waals surface area contributed by atoms with Crippen molar-refractivity contribution < 1.29 is 0 Å². The van der Waals surface area contributed by atoms with Gasteiger partial charge in [-0.2, -0.15) is 0 Å². The molecule has 0 spiro atoms. The average molecular weight is 717 g/mol. The Kier molecular flexibility index (Phi) is 6.53. The topological polar surface area (TPSA) is 44.5 Å². The third kappa shape index (κ3) is 4.56. The van der Waals surface area contributed by atoms with E-state index in [2.05, 4.69) is 206 Å².